The monoisotopic (exact) mass is 434 g/mol. The largest absolute Gasteiger partial charge is 0.493 e. The first kappa shape index (κ1) is 23.2. The highest BCUT2D eigenvalue weighted by atomic mass is 32.1. The summed E-state index contributed by atoms with van der Waals surface area (Å²) in [5.41, 5.74) is 0.936. The summed E-state index contributed by atoms with van der Waals surface area (Å²) >= 11 is 1.03. The summed E-state index contributed by atoms with van der Waals surface area (Å²) in [6.07, 6.45) is 0. The van der Waals surface area contributed by atoms with Gasteiger partial charge < -0.3 is 24.8 Å². The normalized spacial score (nSPS) is 10.5. The highest BCUT2D eigenvalue weighted by Gasteiger charge is 2.27. The highest BCUT2D eigenvalue weighted by molar-refractivity contribution is 7.18. The van der Waals surface area contributed by atoms with E-state index in [1.165, 1.54) is 20.3 Å². The van der Waals surface area contributed by atoms with E-state index < -0.39 is 11.9 Å². The predicted molar refractivity (Wildman–Crippen MR) is 115 cm³/mol. The van der Waals surface area contributed by atoms with E-state index in [0.29, 0.717) is 27.5 Å². The van der Waals surface area contributed by atoms with Gasteiger partial charge >= 0.3 is 5.97 Å². The van der Waals surface area contributed by atoms with Gasteiger partial charge in [-0.25, -0.2) is 4.79 Å². The van der Waals surface area contributed by atoms with Gasteiger partial charge in [0.05, 0.1) is 31.3 Å². The molecule has 30 heavy (non-hydrogen) atoms. The van der Waals surface area contributed by atoms with Gasteiger partial charge in [0, 0.05) is 11.6 Å². The van der Waals surface area contributed by atoms with Crippen molar-refractivity contribution in [3.63, 3.8) is 0 Å². The van der Waals surface area contributed by atoms with Crippen LogP contribution in [0.15, 0.2) is 18.2 Å². The molecule has 0 atom stereocenters. The summed E-state index contributed by atoms with van der Waals surface area (Å²) in [6, 6.07) is 4.65. The molecule has 0 fully saturated rings. The Bertz CT molecular complexity index is 951. The number of benzene rings is 1. The zero-order valence-corrected chi connectivity index (χ0v) is 18.7. The molecule has 2 N–H and O–H groups in total. The second kappa shape index (κ2) is 10.1. The topological polar surface area (TPSA) is 103 Å². The smallest absolute Gasteiger partial charge is 0.341 e. The van der Waals surface area contributed by atoms with Crippen LogP contribution in [0.3, 0.4) is 0 Å². The zero-order valence-electron chi connectivity index (χ0n) is 17.9. The Morgan fingerprint density at radius 1 is 1.07 bits per heavy atom. The number of nitrogens with one attached hydrogen (secondary N) is 2. The van der Waals surface area contributed by atoms with E-state index in [1.54, 1.807) is 26.0 Å². The molecule has 2 aromatic rings. The van der Waals surface area contributed by atoms with Gasteiger partial charge in [-0.3, -0.25) is 9.59 Å². The minimum Gasteiger partial charge on any atom is -0.493 e. The summed E-state index contributed by atoms with van der Waals surface area (Å²) in [5.74, 6) is -0.489. The molecule has 9 heteroatoms. The number of amides is 2. The van der Waals surface area contributed by atoms with E-state index >= 15 is 0 Å². The van der Waals surface area contributed by atoms with Gasteiger partial charge in [-0.1, -0.05) is 0 Å². The van der Waals surface area contributed by atoms with Gasteiger partial charge in [0.2, 0.25) is 0 Å². The number of thiophene rings is 1. The van der Waals surface area contributed by atoms with E-state index in [9.17, 15) is 14.4 Å². The van der Waals surface area contributed by atoms with Crippen molar-refractivity contribution in [1.82, 2.24) is 5.32 Å². The Hall–Kier alpha value is -3.07. The first-order chi connectivity index (χ1) is 14.2. The molecule has 0 aliphatic rings. The van der Waals surface area contributed by atoms with E-state index in [4.69, 9.17) is 14.2 Å². The second-order valence-electron chi connectivity index (χ2n) is 6.63. The molecule has 1 aromatic carbocycles. The molecular weight excluding hydrogens is 408 g/mol. The quantitative estimate of drug-likeness (QED) is 0.615. The molecule has 0 unspecified atom stereocenters. The van der Waals surface area contributed by atoms with Gasteiger partial charge in [-0.2, -0.15) is 0 Å². The molecule has 0 aliphatic heterocycles. The molecular formula is C21H26N2O6S. The van der Waals surface area contributed by atoms with Crippen LogP contribution in [-0.2, 0) is 4.74 Å². The number of methoxy groups -OCH3 is 2. The van der Waals surface area contributed by atoms with E-state index in [0.717, 1.165) is 11.3 Å². The Morgan fingerprint density at radius 2 is 1.73 bits per heavy atom. The minimum absolute atomic E-state index is 0.0742. The van der Waals surface area contributed by atoms with E-state index in [2.05, 4.69) is 10.6 Å². The summed E-state index contributed by atoms with van der Waals surface area (Å²) < 4.78 is 15.5. The third-order valence-electron chi connectivity index (χ3n) is 4.13. The van der Waals surface area contributed by atoms with Crippen LogP contribution >= 0.6 is 11.3 Å². The number of hydrogen-bond acceptors (Lipinski definition) is 7. The van der Waals surface area contributed by atoms with Crippen molar-refractivity contribution in [3.8, 4) is 11.5 Å². The lowest BCUT2D eigenvalue weighted by Gasteiger charge is -2.10. The molecule has 0 saturated carbocycles. The van der Waals surface area contributed by atoms with Crippen LogP contribution in [0.4, 0.5) is 5.00 Å². The number of hydrogen-bond donors (Lipinski definition) is 2. The standard InChI is InChI=1S/C21H26N2O6S/c1-7-29-21(26)16-12(4)17(19(25)22-11(2)3)30-20(16)23-18(24)13-8-9-14(27-5)15(10-13)28-6/h8-11H,7H2,1-6H3,(H,22,25)(H,23,24). The number of carbonyl (C=O) groups excluding carboxylic acids is 3. The lowest BCUT2D eigenvalue weighted by molar-refractivity contribution is 0.0527. The van der Waals surface area contributed by atoms with Gasteiger partial charge in [-0.05, 0) is 51.5 Å². The molecule has 0 radical (unpaired) electrons. The fraction of sp³-hybridized carbons (Fsp3) is 0.381. The summed E-state index contributed by atoms with van der Waals surface area (Å²) in [4.78, 5) is 38.2. The lowest BCUT2D eigenvalue weighted by Crippen LogP contribution is -2.29. The highest BCUT2D eigenvalue weighted by Crippen LogP contribution is 2.35. The third kappa shape index (κ3) is 5.10. The van der Waals surface area contributed by atoms with Crippen LogP contribution in [0.1, 0.15) is 56.7 Å². The van der Waals surface area contributed by atoms with Crippen molar-refractivity contribution in [3.05, 3.63) is 39.8 Å². The Kier molecular flexibility index (Phi) is 7.82. The van der Waals surface area contributed by atoms with Gasteiger partial charge in [0.15, 0.2) is 11.5 Å². The van der Waals surface area contributed by atoms with Crippen LogP contribution in [0.2, 0.25) is 0 Å². The van der Waals surface area contributed by atoms with Gasteiger partial charge in [-0.15, -0.1) is 11.3 Å². The number of anilines is 1. The molecule has 8 nitrogen and oxygen atoms in total. The van der Waals surface area contributed by atoms with Crippen molar-refractivity contribution in [2.45, 2.75) is 33.7 Å². The van der Waals surface area contributed by atoms with E-state index in [1.807, 2.05) is 13.8 Å². The number of esters is 1. The summed E-state index contributed by atoms with van der Waals surface area (Å²) in [5, 5.41) is 5.78. The minimum atomic E-state index is -0.600. The van der Waals surface area contributed by atoms with Crippen molar-refractivity contribution in [1.29, 1.82) is 0 Å². The SMILES string of the molecule is CCOC(=O)c1c(NC(=O)c2ccc(OC)c(OC)c2)sc(C(=O)NC(C)C)c1C. The second-order valence-corrected chi connectivity index (χ2v) is 7.65. The maximum atomic E-state index is 12.8. The average Bonchev–Trinajstić information content (AvgIpc) is 3.02. The fourth-order valence-corrected chi connectivity index (χ4v) is 3.84. The maximum Gasteiger partial charge on any atom is 0.341 e. The van der Waals surface area contributed by atoms with Crippen molar-refractivity contribution >= 4 is 34.1 Å². The number of carbonyl (C=O) groups is 3. The van der Waals surface area contributed by atoms with Crippen LogP contribution in [0, 0.1) is 6.92 Å². The molecule has 162 valence electrons. The third-order valence-corrected chi connectivity index (χ3v) is 5.33. The maximum absolute atomic E-state index is 12.8. The molecule has 0 aliphatic carbocycles. The molecule has 1 aromatic heterocycles. The zero-order chi connectivity index (χ0) is 22.4. The van der Waals surface area contributed by atoms with Gasteiger partial charge in [0.1, 0.15) is 5.00 Å². The van der Waals surface area contributed by atoms with Crippen molar-refractivity contribution in [2.24, 2.45) is 0 Å². The first-order valence-corrected chi connectivity index (χ1v) is 10.2. The Labute approximate surface area is 179 Å². The van der Waals surface area contributed by atoms with Crippen LogP contribution in [-0.4, -0.2) is 44.7 Å². The Morgan fingerprint density at radius 3 is 2.30 bits per heavy atom. The van der Waals surface area contributed by atoms with Gasteiger partial charge in [0.25, 0.3) is 11.8 Å². The molecule has 2 rings (SSSR count). The van der Waals surface area contributed by atoms with Crippen LogP contribution in [0.25, 0.3) is 0 Å². The molecule has 0 saturated heterocycles. The fourth-order valence-electron chi connectivity index (χ4n) is 2.75. The number of ether oxygens (including phenoxy) is 3. The molecule has 0 spiro atoms. The first-order valence-electron chi connectivity index (χ1n) is 9.38. The molecule has 0 bridgehead atoms. The van der Waals surface area contributed by atoms with Crippen LogP contribution in [0.5, 0.6) is 11.5 Å². The summed E-state index contributed by atoms with van der Waals surface area (Å²) in [6.45, 7) is 7.20. The van der Waals surface area contributed by atoms with Crippen molar-refractivity contribution < 1.29 is 28.6 Å². The van der Waals surface area contributed by atoms with Crippen molar-refractivity contribution in [2.75, 3.05) is 26.1 Å². The molecule has 1 heterocycles. The lowest BCUT2D eigenvalue weighted by atomic mass is 10.1. The predicted octanol–water partition coefficient (Wildman–Crippen LogP) is 3.64. The van der Waals surface area contributed by atoms with Crippen LogP contribution < -0.4 is 20.1 Å². The number of rotatable bonds is 8. The summed E-state index contributed by atoms with van der Waals surface area (Å²) in [7, 11) is 2.97. The molecule has 2 amide bonds. The van der Waals surface area contributed by atoms with E-state index in [-0.39, 0.29) is 29.1 Å². The average molecular weight is 435 g/mol. The Balaban J connectivity index is 2.43.